The molecule has 9 nitrogen and oxygen atoms in total. The van der Waals surface area contributed by atoms with E-state index in [9.17, 15) is 9.59 Å². The molecule has 0 atom stereocenters. The fourth-order valence-corrected chi connectivity index (χ4v) is 2.86. The number of nitrogens with zero attached hydrogens (tertiary/aromatic N) is 4. The second kappa shape index (κ2) is 8.09. The van der Waals surface area contributed by atoms with Crippen LogP contribution in [0, 0.1) is 0 Å². The van der Waals surface area contributed by atoms with Crippen molar-refractivity contribution in [2.45, 2.75) is 18.9 Å². The first-order valence-electron chi connectivity index (χ1n) is 9.36. The zero-order chi connectivity index (χ0) is 20.2. The van der Waals surface area contributed by atoms with E-state index < -0.39 is 0 Å². The molecule has 0 spiro atoms. The Morgan fingerprint density at radius 1 is 1.10 bits per heavy atom. The first-order chi connectivity index (χ1) is 14.1. The molecule has 0 aliphatic heterocycles. The molecule has 29 heavy (non-hydrogen) atoms. The van der Waals surface area contributed by atoms with E-state index in [1.807, 2.05) is 24.3 Å². The summed E-state index contributed by atoms with van der Waals surface area (Å²) in [6.07, 6.45) is 2.06. The second-order valence-corrected chi connectivity index (χ2v) is 6.94. The lowest BCUT2D eigenvalue weighted by molar-refractivity contribution is -0.114. The van der Waals surface area contributed by atoms with Crippen LogP contribution in [0.25, 0.3) is 11.4 Å². The minimum absolute atomic E-state index is 0.0824. The highest BCUT2D eigenvalue weighted by atomic mass is 16.2. The van der Waals surface area contributed by atoms with Crippen LogP contribution >= 0.6 is 0 Å². The molecule has 1 aromatic heterocycles. The number of aryl methyl sites for hydroxylation is 1. The van der Waals surface area contributed by atoms with Gasteiger partial charge >= 0.3 is 0 Å². The predicted molar refractivity (Wildman–Crippen MR) is 108 cm³/mol. The molecule has 148 valence electrons. The summed E-state index contributed by atoms with van der Waals surface area (Å²) >= 11 is 0. The van der Waals surface area contributed by atoms with Gasteiger partial charge in [0.1, 0.15) is 0 Å². The van der Waals surface area contributed by atoms with Crippen LogP contribution in [0.1, 0.15) is 23.2 Å². The predicted octanol–water partition coefficient (Wildman–Crippen LogP) is 1.82. The largest absolute Gasteiger partial charge is 0.376 e. The van der Waals surface area contributed by atoms with Gasteiger partial charge in [-0.15, -0.1) is 5.10 Å². The zero-order valence-electron chi connectivity index (χ0n) is 15.9. The third-order valence-corrected chi connectivity index (χ3v) is 4.52. The summed E-state index contributed by atoms with van der Waals surface area (Å²) < 4.78 is 1.58. The van der Waals surface area contributed by atoms with Crippen molar-refractivity contribution in [2.24, 2.45) is 7.05 Å². The topological polar surface area (TPSA) is 114 Å². The Hall–Kier alpha value is -3.75. The lowest BCUT2D eigenvalue weighted by Crippen LogP contribution is -2.26. The third kappa shape index (κ3) is 4.75. The van der Waals surface area contributed by atoms with Gasteiger partial charge in [0.05, 0.1) is 6.54 Å². The Labute approximate surface area is 167 Å². The molecule has 3 N–H and O–H groups in total. The van der Waals surface area contributed by atoms with Crippen molar-refractivity contribution in [3.8, 4) is 11.4 Å². The molecule has 2 aromatic carbocycles. The zero-order valence-corrected chi connectivity index (χ0v) is 15.9. The number of carbonyl (C=O) groups is 2. The molecule has 1 heterocycles. The normalized spacial score (nSPS) is 13.0. The van der Waals surface area contributed by atoms with Gasteiger partial charge in [0.25, 0.3) is 5.91 Å². The van der Waals surface area contributed by atoms with Crippen molar-refractivity contribution < 1.29 is 9.59 Å². The molecule has 1 fully saturated rings. The molecule has 9 heteroatoms. The molecule has 1 aliphatic carbocycles. The maximum Gasteiger partial charge on any atom is 0.251 e. The SMILES string of the molecule is Cn1nnnc1-c1cccc(NCC(=O)Nc2cccc(C(=O)NC3CC3)c2)c1. The fraction of sp³-hybridized carbons (Fsp3) is 0.250. The average molecular weight is 391 g/mol. The van der Waals surface area contributed by atoms with Gasteiger partial charge in [-0.1, -0.05) is 18.2 Å². The van der Waals surface area contributed by atoms with E-state index >= 15 is 0 Å². The molecule has 0 radical (unpaired) electrons. The van der Waals surface area contributed by atoms with E-state index in [0.29, 0.717) is 17.1 Å². The fourth-order valence-electron chi connectivity index (χ4n) is 2.86. The number of carbonyl (C=O) groups excluding carboxylic acids is 2. The molecular weight excluding hydrogens is 370 g/mol. The average Bonchev–Trinajstić information content (AvgIpc) is 3.44. The molecule has 3 aromatic rings. The molecule has 0 bridgehead atoms. The Bertz CT molecular complexity index is 1040. The van der Waals surface area contributed by atoms with E-state index in [4.69, 9.17) is 0 Å². The van der Waals surface area contributed by atoms with Crippen LogP contribution in [0.2, 0.25) is 0 Å². The summed E-state index contributed by atoms with van der Waals surface area (Å²) in [5.74, 6) is 0.312. The Balaban J connectivity index is 1.34. The number of benzene rings is 2. The van der Waals surface area contributed by atoms with Crippen molar-refractivity contribution in [1.29, 1.82) is 0 Å². The summed E-state index contributed by atoms with van der Waals surface area (Å²) in [6.45, 7) is 0.0824. The van der Waals surface area contributed by atoms with E-state index in [0.717, 1.165) is 24.1 Å². The molecule has 0 unspecified atom stereocenters. The van der Waals surface area contributed by atoms with Gasteiger partial charge < -0.3 is 16.0 Å². The van der Waals surface area contributed by atoms with Gasteiger partial charge in [-0.05, 0) is 53.6 Å². The van der Waals surface area contributed by atoms with Crippen molar-refractivity contribution in [1.82, 2.24) is 25.5 Å². The van der Waals surface area contributed by atoms with Crippen molar-refractivity contribution in [2.75, 3.05) is 17.2 Å². The number of hydrogen-bond donors (Lipinski definition) is 3. The number of amides is 2. The highest BCUT2D eigenvalue weighted by Gasteiger charge is 2.23. The quantitative estimate of drug-likeness (QED) is 0.566. The second-order valence-electron chi connectivity index (χ2n) is 6.94. The van der Waals surface area contributed by atoms with Gasteiger partial charge in [0, 0.05) is 35.6 Å². The number of aromatic nitrogens is 4. The van der Waals surface area contributed by atoms with Crippen molar-refractivity contribution in [3.63, 3.8) is 0 Å². The summed E-state index contributed by atoms with van der Waals surface area (Å²) in [5, 5.41) is 20.3. The third-order valence-electron chi connectivity index (χ3n) is 4.52. The van der Waals surface area contributed by atoms with E-state index in [2.05, 4.69) is 31.5 Å². The molecule has 0 saturated heterocycles. The van der Waals surface area contributed by atoms with Gasteiger partial charge in [0.2, 0.25) is 5.91 Å². The van der Waals surface area contributed by atoms with Crippen LogP contribution in [-0.2, 0) is 11.8 Å². The standard InChI is InChI=1S/C20H21N7O2/c1-27-19(24-25-26-27)13-4-2-6-16(10-13)21-12-18(28)22-17-7-3-5-14(11-17)20(29)23-15-8-9-15/h2-7,10-11,15,21H,8-9,12H2,1H3,(H,22,28)(H,23,29). The Kier molecular flexibility index (Phi) is 5.19. The molecular formula is C20H21N7O2. The van der Waals surface area contributed by atoms with Crippen LogP contribution in [0.5, 0.6) is 0 Å². The van der Waals surface area contributed by atoms with Crippen molar-refractivity contribution in [3.05, 3.63) is 54.1 Å². The number of anilines is 2. The summed E-state index contributed by atoms with van der Waals surface area (Å²) in [4.78, 5) is 24.5. The Morgan fingerprint density at radius 2 is 1.90 bits per heavy atom. The summed E-state index contributed by atoms with van der Waals surface area (Å²) in [7, 11) is 1.77. The Morgan fingerprint density at radius 3 is 2.66 bits per heavy atom. The van der Waals surface area contributed by atoms with Crippen LogP contribution in [0.4, 0.5) is 11.4 Å². The van der Waals surface area contributed by atoms with Crippen LogP contribution in [-0.4, -0.2) is 44.6 Å². The van der Waals surface area contributed by atoms with Crippen LogP contribution < -0.4 is 16.0 Å². The lowest BCUT2D eigenvalue weighted by Gasteiger charge is -2.10. The number of hydrogen-bond acceptors (Lipinski definition) is 6. The van der Waals surface area contributed by atoms with Gasteiger partial charge in [0.15, 0.2) is 5.82 Å². The van der Waals surface area contributed by atoms with Crippen LogP contribution in [0.3, 0.4) is 0 Å². The minimum Gasteiger partial charge on any atom is -0.376 e. The molecule has 4 rings (SSSR count). The molecule has 1 saturated carbocycles. The summed E-state index contributed by atoms with van der Waals surface area (Å²) in [5.41, 5.74) is 2.74. The maximum absolute atomic E-state index is 12.3. The van der Waals surface area contributed by atoms with Gasteiger partial charge in [-0.25, -0.2) is 4.68 Å². The highest BCUT2D eigenvalue weighted by Crippen LogP contribution is 2.21. The van der Waals surface area contributed by atoms with Gasteiger partial charge in [-0.2, -0.15) is 0 Å². The minimum atomic E-state index is -0.213. The lowest BCUT2D eigenvalue weighted by atomic mass is 10.2. The molecule has 2 amide bonds. The first kappa shape index (κ1) is 18.6. The maximum atomic E-state index is 12.3. The molecule has 1 aliphatic rings. The monoisotopic (exact) mass is 391 g/mol. The first-order valence-corrected chi connectivity index (χ1v) is 9.36. The number of rotatable bonds is 7. The highest BCUT2D eigenvalue weighted by molar-refractivity contribution is 5.98. The summed E-state index contributed by atoms with van der Waals surface area (Å²) in [6, 6.07) is 14.7. The van der Waals surface area contributed by atoms with E-state index in [-0.39, 0.29) is 24.4 Å². The number of tetrazole rings is 1. The smallest absolute Gasteiger partial charge is 0.251 e. The van der Waals surface area contributed by atoms with E-state index in [1.54, 1.807) is 36.0 Å². The van der Waals surface area contributed by atoms with Gasteiger partial charge in [-0.3, -0.25) is 9.59 Å². The van der Waals surface area contributed by atoms with Crippen molar-refractivity contribution >= 4 is 23.2 Å². The number of nitrogens with one attached hydrogen (secondary N) is 3. The van der Waals surface area contributed by atoms with Crippen LogP contribution in [0.15, 0.2) is 48.5 Å². The van der Waals surface area contributed by atoms with E-state index in [1.165, 1.54) is 0 Å².